The zero-order valence-electron chi connectivity index (χ0n) is 16.8. The Morgan fingerprint density at radius 2 is 1.73 bits per heavy atom. The van der Waals surface area contributed by atoms with Gasteiger partial charge < -0.3 is 14.4 Å². The van der Waals surface area contributed by atoms with Crippen LogP contribution in [0.3, 0.4) is 0 Å². The lowest BCUT2D eigenvalue weighted by Gasteiger charge is -2.19. The molecule has 1 fully saturated rings. The van der Waals surface area contributed by atoms with E-state index in [2.05, 4.69) is 0 Å². The van der Waals surface area contributed by atoms with E-state index in [1.807, 2.05) is 18.2 Å². The van der Waals surface area contributed by atoms with Crippen molar-refractivity contribution in [3.05, 3.63) is 59.7 Å². The molecule has 2 aromatic carbocycles. The lowest BCUT2D eigenvalue weighted by atomic mass is 10.2. The van der Waals surface area contributed by atoms with Crippen LogP contribution in [0.5, 0.6) is 5.75 Å². The van der Waals surface area contributed by atoms with Crippen molar-refractivity contribution in [2.75, 3.05) is 25.7 Å². The maximum atomic E-state index is 12.4. The molecule has 0 spiro atoms. The first-order valence-corrected chi connectivity index (χ1v) is 9.39. The Morgan fingerprint density at radius 3 is 2.43 bits per heavy atom. The monoisotopic (exact) mass is 410 g/mol. The van der Waals surface area contributed by atoms with E-state index in [-0.39, 0.29) is 36.1 Å². The number of rotatable bonds is 7. The Hall–Kier alpha value is -3.68. The zero-order valence-corrected chi connectivity index (χ0v) is 16.8. The molecular formula is C22H22N2O6. The van der Waals surface area contributed by atoms with Gasteiger partial charge in [0.15, 0.2) is 6.61 Å². The minimum Gasteiger partial charge on any atom is -0.496 e. The fraction of sp³-hybridized carbons (Fsp3) is 0.273. The second-order valence-corrected chi connectivity index (χ2v) is 6.81. The second kappa shape index (κ2) is 9.21. The van der Waals surface area contributed by atoms with Crippen molar-refractivity contribution in [1.29, 1.82) is 0 Å². The van der Waals surface area contributed by atoms with E-state index >= 15 is 0 Å². The number of amides is 3. The smallest absolute Gasteiger partial charge is 0.338 e. The number of esters is 1. The number of benzene rings is 2. The molecule has 30 heavy (non-hydrogen) atoms. The third kappa shape index (κ3) is 4.65. The summed E-state index contributed by atoms with van der Waals surface area (Å²) in [5.41, 5.74) is 1.30. The van der Waals surface area contributed by atoms with E-state index in [0.717, 1.165) is 10.5 Å². The maximum absolute atomic E-state index is 12.4. The average molecular weight is 410 g/mol. The van der Waals surface area contributed by atoms with E-state index in [0.29, 0.717) is 18.0 Å². The minimum atomic E-state index is -0.713. The summed E-state index contributed by atoms with van der Waals surface area (Å²) in [6.45, 7) is -0.134. The number of methoxy groups -OCH3 is 1. The minimum absolute atomic E-state index is 0.153. The molecule has 8 nitrogen and oxygen atoms in total. The summed E-state index contributed by atoms with van der Waals surface area (Å²) in [6, 6.07) is 13.4. The molecule has 0 bridgehead atoms. The summed E-state index contributed by atoms with van der Waals surface area (Å²) in [6.07, 6.45) is 0.307. The summed E-state index contributed by atoms with van der Waals surface area (Å²) in [5, 5.41) is 0. The summed E-state index contributed by atoms with van der Waals surface area (Å²) in [4.78, 5) is 51.0. The molecule has 3 amide bonds. The van der Waals surface area contributed by atoms with Gasteiger partial charge in [0, 0.05) is 32.0 Å². The van der Waals surface area contributed by atoms with E-state index in [9.17, 15) is 19.2 Å². The molecule has 1 aliphatic rings. The molecular weight excluding hydrogens is 388 g/mol. The standard InChI is InChI=1S/C22H22N2O6/c1-23(13-16-6-3-4-9-18(16)29-2)21(27)14-30-22(28)15-7-5-8-17(12-15)24-19(25)10-11-20(24)26/h3-9,12H,10-11,13-14H2,1-2H3. The van der Waals surface area contributed by atoms with Gasteiger partial charge >= 0.3 is 5.97 Å². The van der Waals surface area contributed by atoms with Gasteiger partial charge in [0.05, 0.1) is 18.4 Å². The van der Waals surface area contributed by atoms with E-state index in [4.69, 9.17) is 9.47 Å². The molecule has 0 saturated carbocycles. The molecule has 0 radical (unpaired) electrons. The van der Waals surface area contributed by atoms with Crippen molar-refractivity contribution >= 4 is 29.4 Å². The lowest BCUT2D eigenvalue weighted by Crippen LogP contribution is -2.31. The highest BCUT2D eigenvalue weighted by atomic mass is 16.5. The Morgan fingerprint density at radius 1 is 1.03 bits per heavy atom. The molecule has 8 heteroatoms. The van der Waals surface area contributed by atoms with Crippen molar-refractivity contribution in [2.24, 2.45) is 0 Å². The Bertz CT molecular complexity index is 971. The van der Waals surface area contributed by atoms with Crippen molar-refractivity contribution in [3.63, 3.8) is 0 Å². The number of carbonyl (C=O) groups excluding carboxylic acids is 4. The fourth-order valence-electron chi connectivity index (χ4n) is 3.13. The normalized spacial score (nSPS) is 13.3. The van der Waals surface area contributed by atoms with E-state index < -0.39 is 12.6 Å². The zero-order chi connectivity index (χ0) is 21.7. The van der Waals surface area contributed by atoms with Gasteiger partial charge in [-0.15, -0.1) is 0 Å². The average Bonchev–Trinajstić information content (AvgIpc) is 3.10. The second-order valence-electron chi connectivity index (χ2n) is 6.81. The van der Waals surface area contributed by atoms with Gasteiger partial charge in [0.2, 0.25) is 11.8 Å². The third-order valence-corrected chi connectivity index (χ3v) is 4.74. The summed E-state index contributed by atoms with van der Waals surface area (Å²) in [5.74, 6) is -1.04. The van der Waals surface area contributed by atoms with Gasteiger partial charge in [-0.2, -0.15) is 0 Å². The molecule has 2 aromatic rings. The van der Waals surface area contributed by atoms with Crippen LogP contribution in [-0.4, -0.2) is 49.4 Å². The van der Waals surface area contributed by atoms with Crippen LogP contribution < -0.4 is 9.64 Å². The highest BCUT2D eigenvalue weighted by Crippen LogP contribution is 2.24. The van der Waals surface area contributed by atoms with Crippen LogP contribution in [0.25, 0.3) is 0 Å². The van der Waals surface area contributed by atoms with Crippen molar-refractivity contribution in [2.45, 2.75) is 19.4 Å². The van der Waals surface area contributed by atoms with Crippen LogP contribution in [0.1, 0.15) is 28.8 Å². The molecule has 0 aliphatic carbocycles. The Balaban J connectivity index is 1.60. The third-order valence-electron chi connectivity index (χ3n) is 4.74. The van der Waals surface area contributed by atoms with Crippen LogP contribution >= 0.6 is 0 Å². The van der Waals surface area contributed by atoms with Gasteiger partial charge in [-0.25, -0.2) is 4.79 Å². The first-order chi connectivity index (χ1) is 14.4. The van der Waals surface area contributed by atoms with Gasteiger partial charge in [0.25, 0.3) is 5.91 Å². The van der Waals surface area contributed by atoms with E-state index in [1.165, 1.54) is 17.0 Å². The fourth-order valence-corrected chi connectivity index (χ4v) is 3.13. The highest BCUT2D eigenvalue weighted by molar-refractivity contribution is 6.20. The predicted octanol–water partition coefficient (Wildman–Crippen LogP) is 2.16. The van der Waals surface area contributed by atoms with Gasteiger partial charge in [-0.1, -0.05) is 24.3 Å². The number of imide groups is 1. The van der Waals surface area contributed by atoms with Gasteiger partial charge in [-0.3, -0.25) is 19.3 Å². The van der Waals surface area contributed by atoms with Crippen LogP contribution in [0, 0.1) is 0 Å². The number of anilines is 1. The highest BCUT2D eigenvalue weighted by Gasteiger charge is 2.30. The molecule has 0 N–H and O–H groups in total. The summed E-state index contributed by atoms with van der Waals surface area (Å²) < 4.78 is 10.4. The molecule has 1 heterocycles. The number of hydrogen-bond donors (Lipinski definition) is 0. The van der Waals surface area contributed by atoms with Crippen molar-refractivity contribution in [3.8, 4) is 5.75 Å². The summed E-state index contributed by atoms with van der Waals surface area (Å²) >= 11 is 0. The quantitative estimate of drug-likeness (QED) is 0.513. The molecule has 0 unspecified atom stereocenters. The largest absolute Gasteiger partial charge is 0.496 e. The van der Waals surface area contributed by atoms with Gasteiger partial charge in [0.1, 0.15) is 5.75 Å². The Kier molecular flexibility index (Phi) is 6.46. The van der Waals surface area contributed by atoms with Crippen LogP contribution in [0.15, 0.2) is 48.5 Å². The molecule has 1 aliphatic heterocycles. The first-order valence-electron chi connectivity index (χ1n) is 9.39. The topological polar surface area (TPSA) is 93.2 Å². The lowest BCUT2D eigenvalue weighted by molar-refractivity contribution is -0.133. The number of nitrogens with zero attached hydrogens (tertiary/aromatic N) is 2. The Labute approximate surface area is 174 Å². The van der Waals surface area contributed by atoms with Gasteiger partial charge in [-0.05, 0) is 24.3 Å². The summed E-state index contributed by atoms with van der Waals surface area (Å²) in [7, 11) is 3.16. The van der Waals surface area contributed by atoms with Crippen LogP contribution in [0.4, 0.5) is 5.69 Å². The molecule has 156 valence electrons. The molecule has 0 aromatic heterocycles. The number of hydrogen-bond acceptors (Lipinski definition) is 6. The maximum Gasteiger partial charge on any atom is 0.338 e. The molecule has 0 atom stereocenters. The van der Waals surface area contributed by atoms with Crippen molar-refractivity contribution < 1.29 is 28.7 Å². The predicted molar refractivity (Wildman–Crippen MR) is 108 cm³/mol. The number of likely N-dealkylation sites (N-methyl/N-ethyl adjacent to an activating group) is 1. The van der Waals surface area contributed by atoms with Crippen LogP contribution in [-0.2, 0) is 25.7 Å². The van der Waals surface area contributed by atoms with Crippen molar-refractivity contribution in [1.82, 2.24) is 4.90 Å². The number of ether oxygens (including phenoxy) is 2. The SMILES string of the molecule is COc1ccccc1CN(C)C(=O)COC(=O)c1cccc(N2C(=O)CCC2=O)c1. The molecule has 1 saturated heterocycles. The first kappa shape index (κ1) is 21.0. The molecule has 3 rings (SSSR count). The number of para-hydroxylation sites is 1. The van der Waals surface area contributed by atoms with E-state index in [1.54, 1.807) is 32.4 Å². The van der Waals surface area contributed by atoms with Crippen LogP contribution in [0.2, 0.25) is 0 Å². The number of carbonyl (C=O) groups is 4.